The lowest BCUT2D eigenvalue weighted by molar-refractivity contribution is -0.115. The summed E-state index contributed by atoms with van der Waals surface area (Å²) < 4.78 is 1.01. The number of halogens is 1. The van der Waals surface area contributed by atoms with Gasteiger partial charge >= 0.3 is 0 Å². The molecule has 2 aromatic rings. The molecule has 0 unspecified atom stereocenters. The maximum Gasteiger partial charge on any atom is 0.243 e. The van der Waals surface area contributed by atoms with Gasteiger partial charge in [0.2, 0.25) is 5.91 Å². The minimum absolute atomic E-state index is 0.0222. The Bertz CT molecular complexity index is 639. The molecule has 21 heavy (non-hydrogen) atoms. The molecule has 1 aliphatic heterocycles. The number of para-hydroxylation sites is 1. The van der Waals surface area contributed by atoms with Gasteiger partial charge in [-0.15, -0.1) is 0 Å². The Morgan fingerprint density at radius 3 is 2.71 bits per heavy atom. The van der Waals surface area contributed by atoms with Crippen LogP contribution in [0.3, 0.4) is 0 Å². The highest BCUT2D eigenvalue weighted by molar-refractivity contribution is 9.10. The van der Waals surface area contributed by atoms with E-state index in [0.717, 1.165) is 29.5 Å². The van der Waals surface area contributed by atoms with Gasteiger partial charge < -0.3 is 10.2 Å². The second-order valence-corrected chi connectivity index (χ2v) is 6.12. The summed E-state index contributed by atoms with van der Waals surface area (Å²) in [6.07, 6.45) is 2.20. The summed E-state index contributed by atoms with van der Waals surface area (Å²) in [5.74, 6) is 0.0222. The molecule has 0 radical (unpaired) electrons. The van der Waals surface area contributed by atoms with E-state index in [-0.39, 0.29) is 5.91 Å². The molecular weight excluding hydrogens is 328 g/mol. The minimum Gasteiger partial charge on any atom is -0.362 e. The van der Waals surface area contributed by atoms with Gasteiger partial charge in [-0.3, -0.25) is 4.79 Å². The number of aryl methyl sites for hydroxylation is 1. The third kappa shape index (κ3) is 3.45. The van der Waals surface area contributed by atoms with Gasteiger partial charge in [-0.25, -0.2) is 0 Å². The summed E-state index contributed by atoms with van der Waals surface area (Å²) in [4.78, 5) is 14.4. The van der Waals surface area contributed by atoms with E-state index in [2.05, 4.69) is 44.3 Å². The van der Waals surface area contributed by atoms with Gasteiger partial charge in [0, 0.05) is 22.4 Å². The summed E-state index contributed by atoms with van der Waals surface area (Å²) in [7, 11) is 0. The van der Waals surface area contributed by atoms with Crippen LogP contribution in [0.4, 0.5) is 11.4 Å². The quantitative estimate of drug-likeness (QED) is 0.917. The Labute approximate surface area is 133 Å². The Kier molecular flexibility index (Phi) is 4.25. The van der Waals surface area contributed by atoms with Crippen molar-refractivity contribution in [1.29, 1.82) is 0 Å². The van der Waals surface area contributed by atoms with Crippen LogP contribution in [-0.2, 0) is 11.2 Å². The van der Waals surface area contributed by atoms with Gasteiger partial charge in [0.1, 0.15) is 0 Å². The largest absolute Gasteiger partial charge is 0.362 e. The zero-order chi connectivity index (χ0) is 14.7. The van der Waals surface area contributed by atoms with E-state index in [1.807, 2.05) is 30.3 Å². The Morgan fingerprint density at radius 1 is 1.14 bits per heavy atom. The van der Waals surface area contributed by atoms with Crippen LogP contribution < -0.4 is 10.2 Å². The monoisotopic (exact) mass is 344 g/mol. The molecule has 1 heterocycles. The average Bonchev–Trinajstić information content (AvgIpc) is 2.50. The van der Waals surface area contributed by atoms with Crippen LogP contribution in [0.5, 0.6) is 0 Å². The fraction of sp³-hybridized carbons (Fsp3) is 0.235. The maximum absolute atomic E-state index is 12.2. The van der Waals surface area contributed by atoms with Crippen molar-refractivity contribution in [3.05, 3.63) is 58.6 Å². The van der Waals surface area contributed by atoms with E-state index < -0.39 is 0 Å². The molecule has 0 bridgehead atoms. The van der Waals surface area contributed by atoms with E-state index in [4.69, 9.17) is 0 Å². The number of hydrogen-bond donors (Lipinski definition) is 1. The molecule has 1 aliphatic rings. The van der Waals surface area contributed by atoms with Crippen molar-refractivity contribution in [2.45, 2.75) is 12.8 Å². The van der Waals surface area contributed by atoms with E-state index in [1.165, 1.54) is 11.3 Å². The number of hydrogen-bond acceptors (Lipinski definition) is 2. The van der Waals surface area contributed by atoms with Crippen molar-refractivity contribution in [1.82, 2.24) is 0 Å². The van der Waals surface area contributed by atoms with Crippen LogP contribution in [0.15, 0.2) is 53.0 Å². The number of amides is 1. The van der Waals surface area contributed by atoms with E-state index in [9.17, 15) is 4.79 Å². The normalized spacial score (nSPS) is 13.7. The molecule has 0 aliphatic carbocycles. The summed E-state index contributed by atoms with van der Waals surface area (Å²) in [5.41, 5.74) is 3.35. The molecule has 0 spiro atoms. The van der Waals surface area contributed by atoms with Crippen molar-refractivity contribution in [3.8, 4) is 0 Å². The van der Waals surface area contributed by atoms with Gasteiger partial charge in [0.05, 0.1) is 6.54 Å². The number of benzene rings is 2. The van der Waals surface area contributed by atoms with Gasteiger partial charge in [-0.2, -0.15) is 0 Å². The predicted octanol–water partition coefficient (Wildman–Crippen LogP) is 3.84. The van der Waals surface area contributed by atoms with Crippen LogP contribution in [0.1, 0.15) is 12.0 Å². The molecule has 0 fully saturated rings. The number of carbonyl (C=O) groups is 1. The van der Waals surface area contributed by atoms with Crippen molar-refractivity contribution in [2.75, 3.05) is 23.3 Å². The van der Waals surface area contributed by atoms with Gasteiger partial charge in [0.25, 0.3) is 0 Å². The Balaban J connectivity index is 1.67. The average molecular weight is 345 g/mol. The van der Waals surface area contributed by atoms with Gasteiger partial charge in [-0.05, 0) is 48.7 Å². The third-order valence-electron chi connectivity index (χ3n) is 3.67. The number of anilines is 2. The summed E-state index contributed by atoms with van der Waals surface area (Å²) >= 11 is 3.39. The standard InChI is InChI=1S/C17H17BrN2O/c18-14-7-9-15(10-8-14)19-17(21)12-20-11-3-5-13-4-1-2-6-16(13)20/h1-2,4,6-10H,3,5,11-12H2,(H,19,21). The fourth-order valence-corrected chi connectivity index (χ4v) is 2.95. The first-order chi connectivity index (χ1) is 10.2. The number of nitrogens with one attached hydrogen (secondary N) is 1. The van der Waals surface area contributed by atoms with E-state index in [1.54, 1.807) is 0 Å². The van der Waals surface area contributed by atoms with Crippen LogP contribution in [0.25, 0.3) is 0 Å². The first-order valence-electron chi connectivity index (χ1n) is 7.10. The lowest BCUT2D eigenvalue weighted by Gasteiger charge is -2.30. The second kappa shape index (κ2) is 6.31. The molecule has 1 amide bonds. The highest BCUT2D eigenvalue weighted by atomic mass is 79.9. The SMILES string of the molecule is O=C(CN1CCCc2ccccc21)Nc1ccc(Br)cc1. The van der Waals surface area contributed by atoms with Crippen molar-refractivity contribution >= 4 is 33.2 Å². The molecule has 4 heteroatoms. The molecule has 0 saturated heterocycles. The predicted molar refractivity (Wildman–Crippen MR) is 89.7 cm³/mol. The number of carbonyl (C=O) groups excluding carboxylic acids is 1. The summed E-state index contributed by atoms with van der Waals surface area (Å²) in [5, 5.41) is 2.95. The maximum atomic E-state index is 12.2. The summed E-state index contributed by atoms with van der Waals surface area (Å²) in [6, 6.07) is 16.0. The molecule has 3 rings (SSSR count). The molecule has 0 atom stereocenters. The number of fused-ring (bicyclic) bond motifs is 1. The zero-order valence-electron chi connectivity index (χ0n) is 11.7. The molecule has 1 N–H and O–H groups in total. The van der Waals surface area contributed by atoms with Crippen LogP contribution in [0, 0.1) is 0 Å². The lowest BCUT2D eigenvalue weighted by atomic mass is 10.0. The Morgan fingerprint density at radius 2 is 1.90 bits per heavy atom. The first kappa shape index (κ1) is 14.1. The van der Waals surface area contributed by atoms with E-state index in [0.29, 0.717) is 6.54 Å². The van der Waals surface area contributed by atoms with Crippen molar-refractivity contribution < 1.29 is 4.79 Å². The molecule has 3 nitrogen and oxygen atoms in total. The first-order valence-corrected chi connectivity index (χ1v) is 7.90. The smallest absolute Gasteiger partial charge is 0.243 e. The summed E-state index contributed by atoms with van der Waals surface area (Å²) in [6.45, 7) is 1.33. The third-order valence-corrected chi connectivity index (χ3v) is 4.20. The van der Waals surface area contributed by atoms with Crippen LogP contribution in [0.2, 0.25) is 0 Å². The molecule has 108 valence electrons. The van der Waals surface area contributed by atoms with Crippen LogP contribution >= 0.6 is 15.9 Å². The van der Waals surface area contributed by atoms with Crippen LogP contribution in [-0.4, -0.2) is 19.0 Å². The second-order valence-electron chi connectivity index (χ2n) is 5.21. The van der Waals surface area contributed by atoms with Crippen molar-refractivity contribution in [2.24, 2.45) is 0 Å². The van der Waals surface area contributed by atoms with Gasteiger partial charge in [-0.1, -0.05) is 34.1 Å². The van der Waals surface area contributed by atoms with Crippen molar-refractivity contribution in [3.63, 3.8) is 0 Å². The van der Waals surface area contributed by atoms with E-state index >= 15 is 0 Å². The highest BCUT2D eigenvalue weighted by Gasteiger charge is 2.18. The van der Waals surface area contributed by atoms with Gasteiger partial charge in [0.15, 0.2) is 0 Å². The Hall–Kier alpha value is -1.81. The molecule has 2 aromatic carbocycles. The zero-order valence-corrected chi connectivity index (χ0v) is 13.3. The topological polar surface area (TPSA) is 32.3 Å². The highest BCUT2D eigenvalue weighted by Crippen LogP contribution is 2.26. The minimum atomic E-state index is 0.0222. The number of nitrogens with zero attached hydrogens (tertiary/aromatic N) is 1. The number of rotatable bonds is 3. The molecule has 0 saturated carbocycles. The fourth-order valence-electron chi connectivity index (χ4n) is 2.68. The molecular formula is C17H17BrN2O. The molecule has 0 aromatic heterocycles. The lowest BCUT2D eigenvalue weighted by Crippen LogP contribution is -2.36.